The molecule has 2 bridgehead atoms. The number of benzene rings is 1. The van der Waals surface area contributed by atoms with Gasteiger partial charge in [-0.3, -0.25) is 9.59 Å². The molecule has 1 aromatic rings. The zero-order chi connectivity index (χ0) is 18.3. The Kier molecular flexibility index (Phi) is 4.65. The van der Waals surface area contributed by atoms with Crippen molar-refractivity contribution in [3.8, 4) is 0 Å². The van der Waals surface area contributed by atoms with Crippen LogP contribution < -0.4 is 10.6 Å². The molecule has 1 aromatic carbocycles. The van der Waals surface area contributed by atoms with Crippen LogP contribution in [0.5, 0.6) is 0 Å². The number of amides is 2. The Labute approximate surface area is 161 Å². The summed E-state index contributed by atoms with van der Waals surface area (Å²) < 4.78 is 5.98. The van der Waals surface area contributed by atoms with Crippen molar-refractivity contribution in [3.63, 3.8) is 0 Å². The molecule has 26 heavy (non-hydrogen) atoms. The van der Waals surface area contributed by atoms with E-state index in [-0.39, 0.29) is 40.9 Å². The lowest BCUT2D eigenvalue weighted by Gasteiger charge is -2.26. The van der Waals surface area contributed by atoms with E-state index in [4.69, 9.17) is 4.74 Å². The zero-order valence-electron chi connectivity index (χ0n) is 14.7. The van der Waals surface area contributed by atoms with Crippen LogP contribution in [-0.2, 0) is 14.3 Å². The monoisotopic (exact) mass is 418 g/mol. The number of carbonyl (C=O) groups is 2. The van der Waals surface area contributed by atoms with E-state index in [1.165, 1.54) is 0 Å². The van der Waals surface area contributed by atoms with Gasteiger partial charge in [-0.05, 0) is 54.4 Å². The first kappa shape index (κ1) is 17.7. The van der Waals surface area contributed by atoms with E-state index in [9.17, 15) is 9.59 Å². The first-order valence-corrected chi connectivity index (χ1v) is 9.87. The van der Waals surface area contributed by atoms with Gasteiger partial charge in [0.05, 0.1) is 18.4 Å². The van der Waals surface area contributed by atoms with Gasteiger partial charge in [-0.25, -0.2) is 0 Å². The standard InChI is InChI=1S/C20H23BrN2O3/c1-26-11-10-22-18(24)16-14-6-7-15(20(14)8-9-20)17(16)19(25)23-13-4-2-12(21)3-5-13/h2-7,14-17H,8-11H2,1H3,(H,22,24)(H,23,25)/t14-,15-,16-,17-/m1/s1. The second kappa shape index (κ2) is 6.82. The van der Waals surface area contributed by atoms with Crippen LogP contribution in [0.2, 0.25) is 0 Å². The smallest absolute Gasteiger partial charge is 0.228 e. The fraction of sp³-hybridized carbons (Fsp3) is 0.500. The van der Waals surface area contributed by atoms with Gasteiger partial charge in [0, 0.05) is 23.8 Å². The van der Waals surface area contributed by atoms with Gasteiger partial charge in [0.25, 0.3) is 0 Å². The van der Waals surface area contributed by atoms with Crippen LogP contribution in [0.15, 0.2) is 40.9 Å². The molecular formula is C20H23BrN2O3. The predicted molar refractivity (Wildman–Crippen MR) is 102 cm³/mol. The van der Waals surface area contributed by atoms with Crippen molar-refractivity contribution in [3.05, 3.63) is 40.9 Å². The number of halogens is 1. The van der Waals surface area contributed by atoms with E-state index in [0.717, 1.165) is 23.0 Å². The van der Waals surface area contributed by atoms with E-state index in [1.54, 1.807) is 7.11 Å². The van der Waals surface area contributed by atoms with Crippen molar-refractivity contribution < 1.29 is 14.3 Å². The zero-order valence-corrected chi connectivity index (χ0v) is 16.3. The molecule has 5 nitrogen and oxygen atoms in total. The molecule has 3 aliphatic carbocycles. The van der Waals surface area contributed by atoms with Crippen LogP contribution in [0.4, 0.5) is 5.69 Å². The third-order valence-corrected chi connectivity index (χ3v) is 6.69. The van der Waals surface area contributed by atoms with Crippen molar-refractivity contribution in [1.82, 2.24) is 5.32 Å². The number of nitrogens with one attached hydrogen (secondary N) is 2. The molecule has 6 heteroatoms. The molecule has 2 amide bonds. The first-order chi connectivity index (χ1) is 12.6. The van der Waals surface area contributed by atoms with E-state index < -0.39 is 0 Å². The van der Waals surface area contributed by atoms with Crippen molar-refractivity contribution in [2.24, 2.45) is 29.1 Å². The van der Waals surface area contributed by atoms with E-state index in [1.807, 2.05) is 24.3 Å². The Morgan fingerprint density at radius 2 is 1.73 bits per heavy atom. The third-order valence-electron chi connectivity index (χ3n) is 6.16. The Morgan fingerprint density at radius 1 is 1.12 bits per heavy atom. The summed E-state index contributed by atoms with van der Waals surface area (Å²) in [5.41, 5.74) is 0.902. The number of ether oxygens (including phenoxy) is 1. The van der Waals surface area contributed by atoms with Crippen molar-refractivity contribution in [1.29, 1.82) is 0 Å². The molecule has 3 aliphatic rings. The predicted octanol–water partition coefficient (Wildman–Crippen LogP) is 2.98. The first-order valence-electron chi connectivity index (χ1n) is 9.08. The summed E-state index contributed by atoms with van der Waals surface area (Å²) in [5, 5.41) is 5.96. The molecule has 0 aromatic heterocycles. The number of carbonyl (C=O) groups excluding carboxylic acids is 2. The molecule has 0 saturated heterocycles. The fourth-order valence-corrected chi connectivity index (χ4v) is 5.13. The van der Waals surface area contributed by atoms with Crippen molar-refractivity contribution in [2.75, 3.05) is 25.6 Å². The highest BCUT2D eigenvalue weighted by atomic mass is 79.9. The van der Waals surface area contributed by atoms with Gasteiger partial charge in [-0.2, -0.15) is 0 Å². The van der Waals surface area contributed by atoms with Crippen LogP contribution >= 0.6 is 15.9 Å². The molecular weight excluding hydrogens is 396 g/mol. The number of rotatable bonds is 6. The second-order valence-electron chi connectivity index (χ2n) is 7.50. The molecule has 4 rings (SSSR count). The minimum absolute atomic E-state index is 0.0267. The lowest BCUT2D eigenvalue weighted by Crippen LogP contribution is -2.42. The van der Waals surface area contributed by atoms with Gasteiger partial charge in [-0.15, -0.1) is 0 Å². The highest BCUT2D eigenvalue weighted by Crippen LogP contribution is 2.72. The Morgan fingerprint density at radius 3 is 2.31 bits per heavy atom. The number of hydrogen-bond donors (Lipinski definition) is 2. The van der Waals surface area contributed by atoms with Crippen LogP contribution in [0, 0.1) is 29.1 Å². The second-order valence-corrected chi connectivity index (χ2v) is 8.42. The summed E-state index contributed by atoms with van der Waals surface area (Å²) in [6.45, 7) is 0.949. The Hall–Kier alpha value is -1.66. The fourth-order valence-electron chi connectivity index (χ4n) is 4.86. The van der Waals surface area contributed by atoms with Gasteiger partial charge in [0.1, 0.15) is 0 Å². The largest absolute Gasteiger partial charge is 0.383 e. The number of hydrogen-bond acceptors (Lipinski definition) is 3. The minimum atomic E-state index is -0.307. The molecule has 0 heterocycles. The molecule has 2 saturated carbocycles. The van der Waals surface area contributed by atoms with E-state index in [0.29, 0.717) is 13.2 Å². The van der Waals surface area contributed by atoms with Crippen LogP contribution in [0.25, 0.3) is 0 Å². The lowest BCUT2D eigenvalue weighted by molar-refractivity contribution is -0.133. The molecule has 138 valence electrons. The van der Waals surface area contributed by atoms with Gasteiger partial charge >= 0.3 is 0 Å². The molecule has 0 aliphatic heterocycles. The average molecular weight is 419 g/mol. The number of anilines is 1. The van der Waals surface area contributed by atoms with Gasteiger partial charge in [0.15, 0.2) is 0 Å². The molecule has 4 atom stereocenters. The third kappa shape index (κ3) is 2.89. The number of methoxy groups -OCH3 is 1. The quantitative estimate of drug-likeness (QED) is 0.551. The average Bonchev–Trinajstić information content (AvgIpc) is 3.30. The maximum Gasteiger partial charge on any atom is 0.228 e. The maximum atomic E-state index is 13.1. The number of allylic oxidation sites excluding steroid dienone is 2. The highest BCUT2D eigenvalue weighted by molar-refractivity contribution is 9.10. The van der Waals surface area contributed by atoms with Crippen molar-refractivity contribution >= 4 is 33.4 Å². The summed E-state index contributed by atoms with van der Waals surface area (Å²) in [4.78, 5) is 25.9. The molecule has 1 spiro atoms. The summed E-state index contributed by atoms with van der Waals surface area (Å²) in [5.74, 6) is -0.334. The summed E-state index contributed by atoms with van der Waals surface area (Å²) >= 11 is 3.40. The molecule has 2 N–H and O–H groups in total. The van der Waals surface area contributed by atoms with Crippen molar-refractivity contribution in [2.45, 2.75) is 12.8 Å². The lowest BCUT2D eigenvalue weighted by atomic mass is 9.81. The summed E-state index contributed by atoms with van der Waals surface area (Å²) in [6.07, 6.45) is 6.56. The maximum absolute atomic E-state index is 13.1. The van der Waals surface area contributed by atoms with Crippen LogP contribution in [-0.4, -0.2) is 32.1 Å². The normalized spacial score (nSPS) is 29.8. The molecule has 0 unspecified atom stereocenters. The summed E-state index contributed by atoms with van der Waals surface area (Å²) in [6, 6.07) is 7.53. The van der Waals surface area contributed by atoms with E-state index >= 15 is 0 Å². The van der Waals surface area contributed by atoms with E-state index in [2.05, 4.69) is 38.7 Å². The molecule has 2 fully saturated rings. The van der Waals surface area contributed by atoms with Gasteiger partial charge in [-0.1, -0.05) is 28.1 Å². The SMILES string of the molecule is COCCNC(=O)[C@H]1[C@H](C(=O)Nc2ccc(Br)cc2)[C@H]2C=C[C@H]1C21CC1. The molecule has 0 radical (unpaired) electrons. The van der Waals surface area contributed by atoms with Gasteiger partial charge < -0.3 is 15.4 Å². The Balaban J connectivity index is 1.54. The highest BCUT2D eigenvalue weighted by Gasteiger charge is 2.69. The minimum Gasteiger partial charge on any atom is -0.383 e. The summed E-state index contributed by atoms with van der Waals surface area (Å²) in [7, 11) is 1.61. The van der Waals surface area contributed by atoms with Crippen LogP contribution in [0.3, 0.4) is 0 Å². The Bertz CT molecular complexity index is 742. The van der Waals surface area contributed by atoms with Gasteiger partial charge in [0.2, 0.25) is 11.8 Å². The topological polar surface area (TPSA) is 67.4 Å². The van der Waals surface area contributed by atoms with Crippen LogP contribution in [0.1, 0.15) is 12.8 Å².